The van der Waals surface area contributed by atoms with Gasteiger partial charge in [0, 0.05) is 12.7 Å². The molecule has 0 spiro atoms. The number of phenols is 1. The predicted molar refractivity (Wildman–Crippen MR) is 71.1 cm³/mol. The summed E-state index contributed by atoms with van der Waals surface area (Å²) >= 11 is 5.18. The van der Waals surface area contributed by atoms with E-state index in [-0.39, 0.29) is 5.75 Å². The molecule has 6 heteroatoms. The number of aromatic nitrogens is 3. The Bertz CT molecular complexity index is 604. The number of nitrogens with one attached hydrogen (secondary N) is 1. The standard InChI is InChI=1S/C12H15N3O2S/c1-8-7-9(3-4-10(8)16)11-13-14-12(18)15(11)5-6-17-2/h3-4,7,16H,5-6H2,1-2H3,(H,14,18). The Morgan fingerprint density at radius 3 is 2.94 bits per heavy atom. The second kappa shape index (κ2) is 5.32. The highest BCUT2D eigenvalue weighted by Gasteiger charge is 2.09. The van der Waals surface area contributed by atoms with Crippen molar-refractivity contribution < 1.29 is 9.84 Å². The summed E-state index contributed by atoms with van der Waals surface area (Å²) in [6, 6.07) is 5.35. The van der Waals surface area contributed by atoms with Crippen LogP contribution in [0.15, 0.2) is 18.2 Å². The fourth-order valence-corrected chi connectivity index (χ4v) is 1.95. The molecule has 0 unspecified atom stereocenters. The first-order chi connectivity index (χ1) is 8.63. The molecule has 5 nitrogen and oxygen atoms in total. The summed E-state index contributed by atoms with van der Waals surface area (Å²) in [4.78, 5) is 0. The summed E-state index contributed by atoms with van der Waals surface area (Å²) in [6.45, 7) is 3.05. The van der Waals surface area contributed by atoms with Crippen LogP contribution in [0.25, 0.3) is 11.4 Å². The van der Waals surface area contributed by atoms with Crippen LogP contribution in [-0.2, 0) is 11.3 Å². The number of rotatable bonds is 4. The number of ether oxygens (including phenoxy) is 1. The Hall–Kier alpha value is -1.66. The summed E-state index contributed by atoms with van der Waals surface area (Å²) in [5.41, 5.74) is 1.72. The van der Waals surface area contributed by atoms with Gasteiger partial charge in [-0.15, -0.1) is 0 Å². The van der Waals surface area contributed by atoms with E-state index in [1.807, 2.05) is 23.6 Å². The summed E-state index contributed by atoms with van der Waals surface area (Å²) in [6.07, 6.45) is 0. The second-order valence-electron chi connectivity index (χ2n) is 4.00. The van der Waals surface area contributed by atoms with Crippen molar-refractivity contribution in [1.29, 1.82) is 0 Å². The molecule has 1 heterocycles. The average Bonchev–Trinajstić information content (AvgIpc) is 2.72. The molecule has 0 saturated heterocycles. The van der Waals surface area contributed by atoms with Gasteiger partial charge in [0.1, 0.15) is 5.75 Å². The molecule has 1 aromatic carbocycles. The number of H-pyrrole nitrogens is 1. The first-order valence-corrected chi connectivity index (χ1v) is 5.98. The average molecular weight is 265 g/mol. The van der Waals surface area contributed by atoms with E-state index in [0.717, 1.165) is 17.0 Å². The quantitative estimate of drug-likeness (QED) is 0.832. The number of hydrogen-bond donors (Lipinski definition) is 2. The molecule has 0 radical (unpaired) electrons. The largest absolute Gasteiger partial charge is 0.508 e. The first-order valence-electron chi connectivity index (χ1n) is 5.57. The fourth-order valence-electron chi connectivity index (χ4n) is 1.72. The molecule has 96 valence electrons. The zero-order chi connectivity index (χ0) is 13.1. The topological polar surface area (TPSA) is 63.1 Å². The maximum atomic E-state index is 9.53. The van der Waals surface area contributed by atoms with Crippen molar-refractivity contribution in [2.45, 2.75) is 13.5 Å². The van der Waals surface area contributed by atoms with Crippen LogP contribution < -0.4 is 0 Å². The van der Waals surface area contributed by atoms with Crippen LogP contribution in [0.5, 0.6) is 5.75 Å². The van der Waals surface area contributed by atoms with Gasteiger partial charge < -0.3 is 9.84 Å². The van der Waals surface area contributed by atoms with Crippen molar-refractivity contribution in [1.82, 2.24) is 14.8 Å². The molecule has 0 saturated carbocycles. The minimum absolute atomic E-state index is 0.274. The van der Waals surface area contributed by atoms with Crippen LogP contribution >= 0.6 is 12.2 Å². The van der Waals surface area contributed by atoms with Crippen LogP contribution in [-0.4, -0.2) is 33.6 Å². The lowest BCUT2D eigenvalue weighted by Gasteiger charge is -2.07. The lowest BCUT2D eigenvalue weighted by atomic mass is 10.1. The maximum absolute atomic E-state index is 9.53. The van der Waals surface area contributed by atoms with Crippen LogP contribution in [0, 0.1) is 11.7 Å². The molecule has 0 bridgehead atoms. The molecule has 2 aromatic rings. The molecule has 1 aromatic heterocycles. The third-order valence-corrected chi connectivity index (χ3v) is 3.04. The second-order valence-corrected chi connectivity index (χ2v) is 4.38. The molecule has 2 N–H and O–H groups in total. The van der Waals surface area contributed by atoms with E-state index in [1.165, 1.54) is 0 Å². The number of aryl methyl sites for hydroxylation is 1. The van der Waals surface area contributed by atoms with Crippen molar-refractivity contribution in [3.05, 3.63) is 28.5 Å². The van der Waals surface area contributed by atoms with E-state index in [4.69, 9.17) is 17.0 Å². The summed E-state index contributed by atoms with van der Waals surface area (Å²) < 4.78 is 7.50. The smallest absolute Gasteiger partial charge is 0.195 e. The maximum Gasteiger partial charge on any atom is 0.195 e. The molecular formula is C12H15N3O2S. The minimum atomic E-state index is 0.274. The van der Waals surface area contributed by atoms with Crippen LogP contribution in [0.1, 0.15) is 5.56 Å². The summed E-state index contributed by atoms with van der Waals surface area (Å²) in [5.74, 6) is 1.02. The van der Waals surface area contributed by atoms with E-state index in [2.05, 4.69) is 10.2 Å². The van der Waals surface area contributed by atoms with Gasteiger partial charge in [-0.25, -0.2) is 0 Å². The number of methoxy groups -OCH3 is 1. The van der Waals surface area contributed by atoms with E-state index < -0.39 is 0 Å². The zero-order valence-electron chi connectivity index (χ0n) is 10.3. The third kappa shape index (κ3) is 2.44. The van der Waals surface area contributed by atoms with Gasteiger partial charge in [0.25, 0.3) is 0 Å². The van der Waals surface area contributed by atoms with E-state index in [9.17, 15) is 5.11 Å². The highest BCUT2D eigenvalue weighted by Crippen LogP contribution is 2.24. The van der Waals surface area contributed by atoms with Crippen LogP contribution in [0.2, 0.25) is 0 Å². The van der Waals surface area contributed by atoms with Gasteiger partial charge in [0.2, 0.25) is 0 Å². The SMILES string of the molecule is COCCn1c(-c2ccc(O)c(C)c2)n[nH]c1=S. The molecular weight excluding hydrogens is 250 g/mol. The number of aromatic amines is 1. The van der Waals surface area contributed by atoms with Crippen molar-refractivity contribution in [3.63, 3.8) is 0 Å². The lowest BCUT2D eigenvalue weighted by molar-refractivity contribution is 0.187. The minimum Gasteiger partial charge on any atom is -0.508 e. The van der Waals surface area contributed by atoms with Crippen molar-refractivity contribution >= 4 is 12.2 Å². The van der Waals surface area contributed by atoms with E-state index in [1.54, 1.807) is 13.2 Å². The van der Waals surface area contributed by atoms with Gasteiger partial charge in [0.05, 0.1) is 13.2 Å². The molecule has 0 fully saturated rings. The van der Waals surface area contributed by atoms with Crippen molar-refractivity contribution in [2.24, 2.45) is 0 Å². The van der Waals surface area contributed by atoms with Gasteiger partial charge in [-0.05, 0) is 42.9 Å². The van der Waals surface area contributed by atoms with Gasteiger partial charge in [-0.1, -0.05) is 0 Å². The summed E-state index contributed by atoms with van der Waals surface area (Å²) in [7, 11) is 1.65. The Morgan fingerprint density at radius 1 is 1.50 bits per heavy atom. The number of nitrogens with zero attached hydrogens (tertiary/aromatic N) is 2. The Labute approximate surface area is 110 Å². The van der Waals surface area contributed by atoms with Gasteiger partial charge in [-0.3, -0.25) is 9.67 Å². The third-order valence-electron chi connectivity index (χ3n) is 2.73. The molecule has 0 amide bonds. The molecule has 18 heavy (non-hydrogen) atoms. The normalized spacial score (nSPS) is 10.8. The fraction of sp³-hybridized carbons (Fsp3) is 0.333. The molecule has 2 rings (SSSR count). The highest BCUT2D eigenvalue weighted by molar-refractivity contribution is 7.71. The van der Waals surface area contributed by atoms with Crippen molar-refractivity contribution in [2.75, 3.05) is 13.7 Å². The van der Waals surface area contributed by atoms with Gasteiger partial charge in [-0.2, -0.15) is 5.10 Å². The van der Waals surface area contributed by atoms with E-state index in [0.29, 0.717) is 17.9 Å². The van der Waals surface area contributed by atoms with Crippen LogP contribution in [0.4, 0.5) is 0 Å². The zero-order valence-corrected chi connectivity index (χ0v) is 11.1. The Kier molecular flexibility index (Phi) is 3.78. The molecule has 0 atom stereocenters. The van der Waals surface area contributed by atoms with Gasteiger partial charge in [0.15, 0.2) is 10.6 Å². The summed E-state index contributed by atoms with van der Waals surface area (Å²) in [5, 5.41) is 16.5. The number of hydrogen-bond acceptors (Lipinski definition) is 4. The monoisotopic (exact) mass is 265 g/mol. The number of benzene rings is 1. The predicted octanol–water partition coefficient (Wildman–Crippen LogP) is 2.27. The van der Waals surface area contributed by atoms with Crippen LogP contribution in [0.3, 0.4) is 0 Å². The number of phenolic OH excluding ortho intramolecular Hbond substituents is 1. The molecule has 0 aliphatic heterocycles. The number of aromatic hydroxyl groups is 1. The molecule has 0 aliphatic carbocycles. The van der Waals surface area contributed by atoms with Gasteiger partial charge >= 0.3 is 0 Å². The van der Waals surface area contributed by atoms with Crippen molar-refractivity contribution in [3.8, 4) is 17.1 Å². The Morgan fingerprint density at radius 2 is 2.28 bits per heavy atom. The Balaban J connectivity index is 2.43. The lowest BCUT2D eigenvalue weighted by Crippen LogP contribution is -2.06. The van der Waals surface area contributed by atoms with E-state index >= 15 is 0 Å². The molecule has 0 aliphatic rings. The highest BCUT2D eigenvalue weighted by atomic mass is 32.1. The first kappa shape index (κ1) is 12.8.